The van der Waals surface area contributed by atoms with Crippen LogP contribution in [0.25, 0.3) is 0 Å². The third-order valence-electron chi connectivity index (χ3n) is 3.93. The van der Waals surface area contributed by atoms with Crippen molar-refractivity contribution in [2.75, 3.05) is 20.2 Å². The first kappa shape index (κ1) is 11.3. The highest BCUT2D eigenvalue weighted by atomic mass is 19.1. The van der Waals surface area contributed by atoms with Crippen LogP contribution in [0.2, 0.25) is 0 Å². The van der Waals surface area contributed by atoms with Gasteiger partial charge in [-0.3, -0.25) is 4.90 Å². The van der Waals surface area contributed by atoms with E-state index in [0.717, 1.165) is 19.4 Å². The molecular weight excluding hydrogens is 193 g/mol. The molecule has 15 heavy (non-hydrogen) atoms. The lowest BCUT2D eigenvalue weighted by Gasteiger charge is -2.37. The van der Waals surface area contributed by atoms with Gasteiger partial charge in [-0.15, -0.1) is 0 Å². The molecule has 0 aromatic heterocycles. The average molecular weight is 215 g/mol. The lowest BCUT2D eigenvalue weighted by atomic mass is 9.83. The zero-order valence-electron chi connectivity index (χ0n) is 10.0. The molecule has 3 heteroatoms. The topological polar surface area (TPSA) is 12.5 Å². The van der Waals surface area contributed by atoms with Crippen LogP contribution in [0.5, 0.6) is 0 Å². The molecule has 0 spiro atoms. The Balaban J connectivity index is 2.19. The van der Waals surface area contributed by atoms with E-state index < -0.39 is 6.17 Å². The Labute approximate surface area is 91.8 Å². The second-order valence-corrected chi connectivity index (χ2v) is 5.46. The van der Waals surface area contributed by atoms with Crippen molar-refractivity contribution in [3.8, 4) is 0 Å². The highest BCUT2D eigenvalue weighted by Gasteiger charge is 2.54. The van der Waals surface area contributed by atoms with E-state index in [9.17, 15) is 4.39 Å². The summed E-state index contributed by atoms with van der Waals surface area (Å²) in [4.78, 5) is 2.33. The van der Waals surface area contributed by atoms with Crippen LogP contribution in [-0.2, 0) is 4.74 Å². The molecule has 0 N–H and O–H groups in total. The quantitative estimate of drug-likeness (QED) is 0.716. The second-order valence-electron chi connectivity index (χ2n) is 5.46. The minimum Gasteiger partial charge on any atom is -0.379 e. The molecule has 0 aromatic rings. The molecule has 2 aliphatic rings. The van der Waals surface area contributed by atoms with Gasteiger partial charge in [0.05, 0.1) is 11.6 Å². The Kier molecular flexibility index (Phi) is 3.04. The molecule has 3 atom stereocenters. The fourth-order valence-electron chi connectivity index (χ4n) is 3.58. The number of nitrogens with zero attached hydrogens (tertiary/aromatic N) is 1. The highest BCUT2D eigenvalue weighted by Crippen LogP contribution is 2.45. The van der Waals surface area contributed by atoms with E-state index in [4.69, 9.17) is 4.74 Å². The summed E-state index contributed by atoms with van der Waals surface area (Å²) in [5.74, 6) is 0.605. The summed E-state index contributed by atoms with van der Waals surface area (Å²) < 4.78 is 19.1. The number of fused-ring (bicyclic) bond motifs is 1. The summed E-state index contributed by atoms with van der Waals surface area (Å²) in [6.45, 7) is 6.05. The van der Waals surface area contributed by atoms with Crippen molar-refractivity contribution in [3.63, 3.8) is 0 Å². The zero-order valence-corrected chi connectivity index (χ0v) is 10.0. The van der Waals surface area contributed by atoms with Crippen LogP contribution in [0.4, 0.5) is 4.39 Å². The van der Waals surface area contributed by atoms with Gasteiger partial charge in [0.15, 0.2) is 0 Å². The van der Waals surface area contributed by atoms with Crippen molar-refractivity contribution in [1.29, 1.82) is 0 Å². The van der Waals surface area contributed by atoms with Gasteiger partial charge in [0.25, 0.3) is 0 Å². The normalized spacial score (nSPS) is 41.4. The third kappa shape index (κ3) is 1.80. The molecule has 0 bridgehead atoms. The molecule has 0 aliphatic carbocycles. The Bertz CT molecular complexity index is 230. The lowest BCUT2D eigenvalue weighted by molar-refractivity contribution is 0.00308. The maximum absolute atomic E-state index is 13.6. The molecule has 0 radical (unpaired) electrons. The molecule has 2 rings (SSSR count). The molecule has 0 saturated carbocycles. The Hall–Kier alpha value is -0.150. The van der Waals surface area contributed by atoms with Gasteiger partial charge in [0.1, 0.15) is 6.17 Å². The monoisotopic (exact) mass is 215 g/mol. The largest absolute Gasteiger partial charge is 0.379 e. The molecule has 88 valence electrons. The highest BCUT2D eigenvalue weighted by molar-refractivity contribution is 5.09. The molecule has 0 aromatic carbocycles. The molecule has 0 unspecified atom stereocenters. The summed E-state index contributed by atoms with van der Waals surface area (Å²) >= 11 is 0. The zero-order chi connectivity index (χ0) is 11.1. The van der Waals surface area contributed by atoms with Crippen molar-refractivity contribution in [2.24, 2.45) is 5.92 Å². The molecule has 2 saturated heterocycles. The van der Waals surface area contributed by atoms with E-state index in [1.807, 2.05) is 0 Å². The molecule has 2 fully saturated rings. The van der Waals surface area contributed by atoms with Crippen LogP contribution in [0.3, 0.4) is 0 Å². The van der Waals surface area contributed by atoms with E-state index >= 15 is 0 Å². The second kappa shape index (κ2) is 4.02. The maximum atomic E-state index is 13.6. The Morgan fingerprint density at radius 3 is 2.87 bits per heavy atom. The van der Waals surface area contributed by atoms with E-state index in [0.29, 0.717) is 18.9 Å². The summed E-state index contributed by atoms with van der Waals surface area (Å²) in [5, 5.41) is 0. The fraction of sp³-hybridized carbons (Fsp3) is 1.00. The van der Waals surface area contributed by atoms with Crippen molar-refractivity contribution in [3.05, 3.63) is 0 Å². The molecule has 0 amide bonds. The van der Waals surface area contributed by atoms with E-state index in [-0.39, 0.29) is 11.6 Å². The van der Waals surface area contributed by atoms with Crippen LogP contribution < -0.4 is 0 Å². The van der Waals surface area contributed by atoms with Crippen molar-refractivity contribution >= 4 is 0 Å². The van der Waals surface area contributed by atoms with Gasteiger partial charge in [-0.2, -0.15) is 0 Å². The lowest BCUT2D eigenvalue weighted by Crippen LogP contribution is -2.47. The Morgan fingerprint density at radius 1 is 1.53 bits per heavy atom. The van der Waals surface area contributed by atoms with Crippen LogP contribution >= 0.6 is 0 Å². The number of hydrogen-bond donors (Lipinski definition) is 0. The number of rotatable bonds is 3. The maximum Gasteiger partial charge on any atom is 0.115 e. The van der Waals surface area contributed by atoms with Gasteiger partial charge in [-0.05, 0) is 18.8 Å². The van der Waals surface area contributed by atoms with Gasteiger partial charge in [0.2, 0.25) is 0 Å². The Morgan fingerprint density at radius 2 is 2.27 bits per heavy atom. The van der Waals surface area contributed by atoms with Gasteiger partial charge in [0, 0.05) is 26.6 Å². The summed E-state index contributed by atoms with van der Waals surface area (Å²) in [6.07, 6.45) is 2.38. The molecule has 2 aliphatic heterocycles. The number of halogens is 1. The van der Waals surface area contributed by atoms with Crippen LogP contribution in [0.1, 0.15) is 33.1 Å². The molecular formula is C12H22FNO. The first-order valence-corrected chi connectivity index (χ1v) is 6.00. The molecule has 2 heterocycles. The minimum atomic E-state index is -0.651. The van der Waals surface area contributed by atoms with Crippen LogP contribution in [0.15, 0.2) is 0 Å². The number of methoxy groups -OCH3 is 1. The first-order valence-electron chi connectivity index (χ1n) is 6.00. The van der Waals surface area contributed by atoms with Gasteiger partial charge >= 0.3 is 0 Å². The third-order valence-corrected chi connectivity index (χ3v) is 3.93. The van der Waals surface area contributed by atoms with Crippen molar-refractivity contribution in [2.45, 2.75) is 50.9 Å². The number of alkyl halides is 1. The SMILES string of the molecule is CO[C@@H]1CCN2C[C@H](F)C[C@]12CC(C)C. The number of ether oxygens (including phenoxy) is 1. The van der Waals surface area contributed by atoms with E-state index in [1.54, 1.807) is 7.11 Å². The van der Waals surface area contributed by atoms with Gasteiger partial charge < -0.3 is 4.74 Å². The number of hydrogen-bond acceptors (Lipinski definition) is 2. The minimum absolute atomic E-state index is 0.00231. The smallest absolute Gasteiger partial charge is 0.115 e. The summed E-state index contributed by atoms with van der Waals surface area (Å²) in [6, 6.07) is 0. The fourth-order valence-corrected chi connectivity index (χ4v) is 3.58. The van der Waals surface area contributed by atoms with Crippen LogP contribution in [0, 0.1) is 5.92 Å². The van der Waals surface area contributed by atoms with Crippen molar-refractivity contribution < 1.29 is 9.13 Å². The standard InChI is InChI=1S/C12H22FNO/c1-9(2)6-12-7-10(13)8-14(12)5-4-11(12)15-3/h9-11H,4-8H2,1-3H3/t10-,11-,12-/m1/s1. The predicted octanol–water partition coefficient (Wildman–Crippen LogP) is 2.23. The van der Waals surface area contributed by atoms with Gasteiger partial charge in [-0.1, -0.05) is 13.8 Å². The van der Waals surface area contributed by atoms with Gasteiger partial charge in [-0.25, -0.2) is 4.39 Å². The first-order chi connectivity index (χ1) is 7.08. The van der Waals surface area contributed by atoms with Crippen molar-refractivity contribution in [1.82, 2.24) is 4.90 Å². The summed E-state index contributed by atoms with van der Waals surface area (Å²) in [7, 11) is 1.77. The predicted molar refractivity (Wildman–Crippen MR) is 58.7 cm³/mol. The van der Waals surface area contributed by atoms with E-state index in [2.05, 4.69) is 18.7 Å². The average Bonchev–Trinajstić information content (AvgIpc) is 2.56. The van der Waals surface area contributed by atoms with Crippen LogP contribution in [-0.4, -0.2) is 42.9 Å². The van der Waals surface area contributed by atoms with E-state index in [1.165, 1.54) is 0 Å². The molecule has 2 nitrogen and oxygen atoms in total. The summed E-state index contributed by atoms with van der Waals surface area (Å²) in [5.41, 5.74) is 0.00231.